The van der Waals surface area contributed by atoms with Crippen LogP contribution in [-0.2, 0) is 4.74 Å². The van der Waals surface area contributed by atoms with Crippen molar-refractivity contribution in [3.8, 4) is 0 Å². The summed E-state index contributed by atoms with van der Waals surface area (Å²) in [5, 5.41) is 0. The number of ether oxygens (including phenoxy) is 1. The third kappa shape index (κ3) is 9.13. The Morgan fingerprint density at radius 3 is 2.19 bits per heavy atom. The van der Waals surface area contributed by atoms with Crippen LogP contribution in [0.5, 0.6) is 0 Å². The van der Waals surface area contributed by atoms with Crippen molar-refractivity contribution in [2.24, 2.45) is 11.7 Å². The molecule has 0 spiro atoms. The summed E-state index contributed by atoms with van der Waals surface area (Å²) in [5.41, 5.74) is 5.65. The molecule has 0 heterocycles. The van der Waals surface area contributed by atoms with Crippen LogP contribution in [0.25, 0.3) is 0 Å². The van der Waals surface area contributed by atoms with Gasteiger partial charge in [0.25, 0.3) is 0 Å². The topological polar surface area (TPSA) is 38.5 Å². The molecule has 0 aliphatic carbocycles. The van der Waals surface area contributed by atoms with Gasteiger partial charge in [-0.15, -0.1) is 0 Å². The van der Waals surface area contributed by atoms with Crippen LogP contribution in [0.3, 0.4) is 0 Å². The van der Waals surface area contributed by atoms with Crippen LogP contribution >= 0.6 is 0 Å². The molecule has 2 N–H and O–H groups in total. The molecule has 0 bridgehead atoms. The second-order valence-electron chi connectivity index (χ2n) is 5.09. The van der Waals surface area contributed by atoms with Crippen molar-refractivity contribution in [3.63, 3.8) is 0 Å². The summed E-state index contributed by atoms with van der Waals surface area (Å²) in [6, 6.07) is 0.533. The number of hydrogen-bond donors (Lipinski definition) is 1. The van der Waals surface area contributed by atoms with E-state index in [0.717, 1.165) is 32.1 Å². The maximum atomic E-state index is 5.65. The highest BCUT2D eigenvalue weighted by Crippen LogP contribution is 2.03. The lowest BCUT2D eigenvalue weighted by Gasteiger charge is -2.24. The number of hydrogen-bond acceptors (Lipinski definition) is 3. The highest BCUT2D eigenvalue weighted by molar-refractivity contribution is 4.59. The SMILES string of the molecule is CC(C)CCCOCCCN(CN)C(C)C. The second kappa shape index (κ2) is 10.1. The molecule has 0 aromatic carbocycles. The van der Waals surface area contributed by atoms with E-state index in [1.165, 1.54) is 12.8 Å². The van der Waals surface area contributed by atoms with Gasteiger partial charge in [-0.25, -0.2) is 0 Å². The van der Waals surface area contributed by atoms with Crippen LogP contribution in [0.15, 0.2) is 0 Å². The Balaban J connectivity index is 3.26. The van der Waals surface area contributed by atoms with Gasteiger partial charge in [-0.2, -0.15) is 0 Å². The first-order chi connectivity index (χ1) is 7.57. The molecule has 0 amide bonds. The smallest absolute Gasteiger partial charge is 0.0478 e. The van der Waals surface area contributed by atoms with E-state index in [2.05, 4.69) is 32.6 Å². The van der Waals surface area contributed by atoms with Gasteiger partial charge in [0.05, 0.1) is 0 Å². The van der Waals surface area contributed by atoms with Gasteiger partial charge < -0.3 is 10.5 Å². The first-order valence-corrected chi connectivity index (χ1v) is 6.59. The van der Waals surface area contributed by atoms with Crippen molar-refractivity contribution in [2.75, 3.05) is 26.4 Å². The Kier molecular flexibility index (Phi) is 9.99. The Labute approximate surface area is 101 Å². The molecule has 3 heteroatoms. The van der Waals surface area contributed by atoms with Crippen molar-refractivity contribution in [1.29, 1.82) is 0 Å². The molecule has 0 atom stereocenters. The normalized spacial score (nSPS) is 12.0. The Hall–Kier alpha value is -0.120. The molecular weight excluding hydrogens is 200 g/mol. The Morgan fingerprint density at radius 1 is 1.06 bits per heavy atom. The second-order valence-corrected chi connectivity index (χ2v) is 5.09. The van der Waals surface area contributed by atoms with E-state index in [1.54, 1.807) is 0 Å². The van der Waals surface area contributed by atoms with Gasteiger partial charge in [-0.05, 0) is 39.0 Å². The minimum Gasteiger partial charge on any atom is -0.381 e. The quantitative estimate of drug-likeness (QED) is 0.463. The van der Waals surface area contributed by atoms with Gasteiger partial charge in [-0.1, -0.05) is 13.8 Å². The molecule has 0 fully saturated rings. The monoisotopic (exact) mass is 230 g/mol. The molecule has 0 saturated carbocycles. The zero-order valence-corrected chi connectivity index (χ0v) is 11.5. The summed E-state index contributed by atoms with van der Waals surface area (Å²) in [5.74, 6) is 0.789. The average Bonchev–Trinajstić information content (AvgIpc) is 2.21. The predicted molar refractivity (Wildman–Crippen MR) is 70.4 cm³/mol. The standard InChI is InChI=1S/C13H30N2O/c1-12(2)7-5-9-16-10-6-8-15(11-14)13(3)4/h12-13H,5-11,14H2,1-4H3. The Bertz CT molecular complexity index is 149. The fourth-order valence-electron chi connectivity index (χ4n) is 1.63. The molecule has 0 saturated heterocycles. The molecule has 0 radical (unpaired) electrons. The fourth-order valence-corrected chi connectivity index (χ4v) is 1.63. The van der Waals surface area contributed by atoms with Crippen LogP contribution in [0.2, 0.25) is 0 Å². The van der Waals surface area contributed by atoms with E-state index in [0.29, 0.717) is 12.7 Å². The summed E-state index contributed by atoms with van der Waals surface area (Å²) in [6.07, 6.45) is 3.53. The van der Waals surface area contributed by atoms with Gasteiger partial charge in [0, 0.05) is 32.5 Å². The number of rotatable bonds is 10. The highest BCUT2D eigenvalue weighted by Gasteiger charge is 2.05. The molecule has 0 aliphatic rings. The maximum Gasteiger partial charge on any atom is 0.0478 e. The van der Waals surface area contributed by atoms with Gasteiger partial charge in [0.2, 0.25) is 0 Å². The largest absolute Gasteiger partial charge is 0.381 e. The third-order valence-corrected chi connectivity index (χ3v) is 2.77. The van der Waals surface area contributed by atoms with E-state index in [9.17, 15) is 0 Å². The van der Waals surface area contributed by atoms with Crippen LogP contribution in [0.4, 0.5) is 0 Å². The molecule has 98 valence electrons. The molecule has 3 nitrogen and oxygen atoms in total. The fraction of sp³-hybridized carbons (Fsp3) is 1.00. The third-order valence-electron chi connectivity index (χ3n) is 2.77. The number of nitrogens with zero attached hydrogens (tertiary/aromatic N) is 1. The zero-order valence-electron chi connectivity index (χ0n) is 11.5. The molecular formula is C13H30N2O. The summed E-state index contributed by atoms with van der Waals surface area (Å²) < 4.78 is 5.59. The van der Waals surface area contributed by atoms with Gasteiger partial charge in [0.1, 0.15) is 0 Å². The lowest BCUT2D eigenvalue weighted by atomic mass is 10.1. The van der Waals surface area contributed by atoms with Crippen molar-refractivity contribution in [3.05, 3.63) is 0 Å². The summed E-state index contributed by atoms with van der Waals surface area (Å²) >= 11 is 0. The lowest BCUT2D eigenvalue weighted by molar-refractivity contribution is 0.111. The van der Waals surface area contributed by atoms with Crippen LogP contribution in [0.1, 0.15) is 47.0 Å². The van der Waals surface area contributed by atoms with Crippen LogP contribution in [0, 0.1) is 5.92 Å². The summed E-state index contributed by atoms with van der Waals surface area (Å²) in [4.78, 5) is 2.26. The first-order valence-electron chi connectivity index (χ1n) is 6.59. The van der Waals surface area contributed by atoms with E-state index in [4.69, 9.17) is 10.5 Å². The summed E-state index contributed by atoms with van der Waals surface area (Å²) in [6.45, 7) is 12.3. The van der Waals surface area contributed by atoms with Gasteiger partial charge >= 0.3 is 0 Å². The highest BCUT2D eigenvalue weighted by atomic mass is 16.5. The minimum atomic E-state index is 0.533. The van der Waals surface area contributed by atoms with E-state index in [-0.39, 0.29) is 0 Å². The van der Waals surface area contributed by atoms with Crippen LogP contribution in [-0.4, -0.2) is 37.4 Å². The summed E-state index contributed by atoms with van der Waals surface area (Å²) in [7, 11) is 0. The average molecular weight is 230 g/mol. The maximum absolute atomic E-state index is 5.65. The number of nitrogens with two attached hydrogens (primary N) is 1. The van der Waals surface area contributed by atoms with Crippen LogP contribution < -0.4 is 5.73 Å². The first kappa shape index (κ1) is 15.9. The van der Waals surface area contributed by atoms with Gasteiger partial charge in [0.15, 0.2) is 0 Å². The molecule has 16 heavy (non-hydrogen) atoms. The van der Waals surface area contributed by atoms with Crippen molar-refractivity contribution < 1.29 is 4.74 Å². The van der Waals surface area contributed by atoms with E-state index >= 15 is 0 Å². The predicted octanol–water partition coefficient (Wildman–Crippen LogP) is 2.46. The molecule has 0 aromatic rings. The van der Waals surface area contributed by atoms with Crippen molar-refractivity contribution >= 4 is 0 Å². The van der Waals surface area contributed by atoms with E-state index < -0.39 is 0 Å². The molecule has 0 aromatic heterocycles. The molecule has 0 rings (SSSR count). The molecule has 0 aliphatic heterocycles. The van der Waals surface area contributed by atoms with Crippen molar-refractivity contribution in [2.45, 2.75) is 53.0 Å². The van der Waals surface area contributed by atoms with E-state index in [1.807, 2.05) is 0 Å². The lowest BCUT2D eigenvalue weighted by Crippen LogP contribution is -2.37. The minimum absolute atomic E-state index is 0.533. The van der Waals surface area contributed by atoms with Crippen molar-refractivity contribution in [1.82, 2.24) is 4.90 Å². The molecule has 0 unspecified atom stereocenters. The Morgan fingerprint density at radius 2 is 1.69 bits per heavy atom. The van der Waals surface area contributed by atoms with Gasteiger partial charge in [-0.3, -0.25) is 4.90 Å². The zero-order chi connectivity index (χ0) is 12.4.